The fraction of sp³-hybridized carbons (Fsp3) is 0.381. The molecule has 0 heterocycles. The van der Waals surface area contributed by atoms with Gasteiger partial charge in [-0.05, 0) is 56.3 Å². The smallest absolute Gasteiger partial charge is 0.251 e. The van der Waals surface area contributed by atoms with E-state index in [0.29, 0.717) is 35.1 Å². The fourth-order valence-corrected chi connectivity index (χ4v) is 4.13. The van der Waals surface area contributed by atoms with Crippen LogP contribution in [0.4, 0.5) is 0 Å². The van der Waals surface area contributed by atoms with Gasteiger partial charge in [0.1, 0.15) is 5.75 Å². The molecule has 1 unspecified atom stereocenters. The molecule has 1 atom stereocenters. The summed E-state index contributed by atoms with van der Waals surface area (Å²) in [7, 11) is -0.700. The number of amides is 1. The predicted molar refractivity (Wildman–Crippen MR) is 117 cm³/mol. The Kier molecular flexibility index (Phi) is 8.66. The van der Waals surface area contributed by atoms with Gasteiger partial charge in [-0.2, -0.15) is 4.31 Å². The second-order valence-electron chi connectivity index (χ2n) is 6.80. The zero-order chi connectivity index (χ0) is 22.3. The topological polar surface area (TPSA) is 84.9 Å². The number of nitrogens with one attached hydrogen (secondary N) is 1. The Balaban J connectivity index is 2.29. The Bertz CT molecular complexity index is 964. The summed E-state index contributed by atoms with van der Waals surface area (Å²) in [5.41, 5.74) is 0.998. The van der Waals surface area contributed by atoms with Crippen molar-refractivity contribution in [2.45, 2.75) is 31.3 Å². The van der Waals surface area contributed by atoms with Crippen LogP contribution in [0, 0.1) is 0 Å². The summed E-state index contributed by atoms with van der Waals surface area (Å²) < 4.78 is 37.7. The minimum Gasteiger partial charge on any atom is -0.494 e. The van der Waals surface area contributed by atoms with Crippen molar-refractivity contribution < 1.29 is 22.7 Å². The molecule has 30 heavy (non-hydrogen) atoms. The highest BCUT2D eigenvalue weighted by molar-refractivity contribution is 7.89. The molecule has 0 radical (unpaired) electrons. The van der Waals surface area contributed by atoms with Crippen molar-refractivity contribution in [3.05, 3.63) is 58.6 Å². The molecular weight excluding hydrogens is 428 g/mol. The summed E-state index contributed by atoms with van der Waals surface area (Å²) in [5, 5.41) is 3.30. The molecule has 0 bridgehead atoms. The van der Waals surface area contributed by atoms with Gasteiger partial charge in [0.2, 0.25) is 10.0 Å². The minimum absolute atomic E-state index is 0.0367. The molecule has 0 saturated heterocycles. The van der Waals surface area contributed by atoms with Gasteiger partial charge in [0.25, 0.3) is 5.91 Å². The van der Waals surface area contributed by atoms with Gasteiger partial charge >= 0.3 is 0 Å². The Morgan fingerprint density at radius 2 is 1.87 bits per heavy atom. The maximum atomic E-state index is 12.9. The number of carbonyl (C=O) groups is 1. The number of carbonyl (C=O) groups excluding carboxylic acids is 1. The molecule has 0 saturated carbocycles. The summed E-state index contributed by atoms with van der Waals surface area (Å²) in [4.78, 5) is 12.7. The summed E-state index contributed by atoms with van der Waals surface area (Å²) in [5.74, 6) is 0.254. The van der Waals surface area contributed by atoms with E-state index in [1.807, 2.05) is 13.8 Å². The Morgan fingerprint density at radius 1 is 1.20 bits per heavy atom. The van der Waals surface area contributed by atoms with Crippen LogP contribution in [-0.4, -0.2) is 52.0 Å². The largest absolute Gasteiger partial charge is 0.494 e. The quantitative estimate of drug-likeness (QED) is 0.595. The van der Waals surface area contributed by atoms with E-state index in [1.165, 1.54) is 35.6 Å². The SMILES string of the molecule is CCOc1ccc(C(=O)NC(C)COC)cc1CN(C)S(=O)(=O)c1ccc(Cl)cc1. The highest BCUT2D eigenvalue weighted by Crippen LogP contribution is 2.25. The molecule has 0 spiro atoms. The van der Waals surface area contributed by atoms with Gasteiger partial charge in [0.15, 0.2) is 0 Å². The number of ether oxygens (including phenoxy) is 2. The Hall–Kier alpha value is -2.13. The monoisotopic (exact) mass is 454 g/mol. The zero-order valence-electron chi connectivity index (χ0n) is 17.5. The van der Waals surface area contributed by atoms with Gasteiger partial charge in [-0.3, -0.25) is 4.79 Å². The van der Waals surface area contributed by atoms with Gasteiger partial charge in [-0.15, -0.1) is 0 Å². The number of hydrogen-bond donors (Lipinski definition) is 1. The van der Waals surface area contributed by atoms with Crippen LogP contribution in [-0.2, 0) is 21.3 Å². The second-order valence-corrected chi connectivity index (χ2v) is 9.28. The molecule has 0 aliphatic carbocycles. The maximum Gasteiger partial charge on any atom is 0.251 e. The van der Waals surface area contributed by atoms with Crippen LogP contribution in [0.3, 0.4) is 0 Å². The van der Waals surface area contributed by atoms with E-state index in [0.717, 1.165) is 0 Å². The van der Waals surface area contributed by atoms with Gasteiger partial charge in [0, 0.05) is 42.9 Å². The lowest BCUT2D eigenvalue weighted by Crippen LogP contribution is -2.35. The first kappa shape index (κ1) is 24.1. The third kappa shape index (κ3) is 6.18. The third-order valence-electron chi connectivity index (χ3n) is 4.33. The first-order chi connectivity index (χ1) is 14.2. The van der Waals surface area contributed by atoms with Crippen LogP contribution in [0.5, 0.6) is 5.75 Å². The zero-order valence-corrected chi connectivity index (χ0v) is 19.1. The van der Waals surface area contributed by atoms with Gasteiger partial charge in [0.05, 0.1) is 18.1 Å². The maximum absolute atomic E-state index is 12.9. The van der Waals surface area contributed by atoms with E-state index >= 15 is 0 Å². The number of sulfonamides is 1. The first-order valence-electron chi connectivity index (χ1n) is 9.46. The molecule has 1 N–H and O–H groups in total. The Labute approximate surface area is 183 Å². The average molecular weight is 455 g/mol. The summed E-state index contributed by atoms with van der Waals surface area (Å²) in [6.45, 7) is 4.51. The van der Waals surface area contributed by atoms with Crippen LogP contribution in [0.25, 0.3) is 0 Å². The van der Waals surface area contributed by atoms with Crippen molar-refractivity contribution in [1.29, 1.82) is 0 Å². The molecule has 9 heteroatoms. The van der Waals surface area contributed by atoms with Gasteiger partial charge in [-0.25, -0.2) is 8.42 Å². The van der Waals surface area contributed by atoms with Crippen molar-refractivity contribution in [1.82, 2.24) is 9.62 Å². The number of halogens is 1. The molecule has 2 aromatic rings. The van der Waals surface area contributed by atoms with Crippen LogP contribution in [0.15, 0.2) is 47.4 Å². The van der Waals surface area contributed by atoms with Crippen LogP contribution in [0.1, 0.15) is 29.8 Å². The highest BCUT2D eigenvalue weighted by Gasteiger charge is 2.23. The van der Waals surface area contributed by atoms with Crippen molar-refractivity contribution in [3.8, 4) is 5.75 Å². The van der Waals surface area contributed by atoms with Gasteiger partial charge < -0.3 is 14.8 Å². The van der Waals surface area contributed by atoms with Crippen molar-refractivity contribution >= 4 is 27.5 Å². The molecule has 2 rings (SSSR count). The van der Waals surface area contributed by atoms with E-state index in [4.69, 9.17) is 21.1 Å². The minimum atomic E-state index is -3.74. The first-order valence-corrected chi connectivity index (χ1v) is 11.3. The molecule has 0 aromatic heterocycles. The molecule has 0 aliphatic heterocycles. The lowest BCUT2D eigenvalue weighted by atomic mass is 10.1. The van der Waals surface area contributed by atoms with Crippen molar-refractivity contribution in [2.24, 2.45) is 0 Å². The van der Waals surface area contributed by atoms with Crippen molar-refractivity contribution in [2.75, 3.05) is 27.4 Å². The molecular formula is C21H27ClN2O5S. The Morgan fingerprint density at radius 3 is 2.47 bits per heavy atom. The number of benzene rings is 2. The number of rotatable bonds is 10. The summed E-state index contributed by atoms with van der Waals surface area (Å²) in [6, 6.07) is 10.8. The standard InChI is InChI=1S/C21H27ClN2O5S/c1-5-29-20-11-6-16(21(25)23-15(2)14-28-4)12-17(20)13-24(3)30(26,27)19-9-7-18(22)8-10-19/h6-12,15H,5,13-14H2,1-4H3,(H,23,25). The lowest BCUT2D eigenvalue weighted by Gasteiger charge is -2.20. The van der Waals surface area contributed by atoms with Crippen molar-refractivity contribution in [3.63, 3.8) is 0 Å². The molecule has 164 valence electrons. The number of methoxy groups -OCH3 is 1. The van der Waals surface area contributed by atoms with E-state index in [9.17, 15) is 13.2 Å². The van der Waals surface area contributed by atoms with Crippen LogP contribution in [0.2, 0.25) is 5.02 Å². The molecule has 1 amide bonds. The molecule has 0 fully saturated rings. The van der Waals surface area contributed by atoms with E-state index in [1.54, 1.807) is 25.3 Å². The highest BCUT2D eigenvalue weighted by atomic mass is 35.5. The molecule has 2 aromatic carbocycles. The molecule has 0 aliphatic rings. The second kappa shape index (κ2) is 10.8. The fourth-order valence-electron chi connectivity index (χ4n) is 2.85. The van der Waals surface area contributed by atoms with E-state index in [-0.39, 0.29) is 23.4 Å². The third-order valence-corrected chi connectivity index (χ3v) is 6.40. The predicted octanol–water partition coefficient (Wildman–Crippen LogP) is 3.32. The summed E-state index contributed by atoms with van der Waals surface area (Å²) in [6.07, 6.45) is 0. The van der Waals surface area contributed by atoms with E-state index in [2.05, 4.69) is 5.32 Å². The van der Waals surface area contributed by atoms with E-state index < -0.39 is 10.0 Å². The lowest BCUT2D eigenvalue weighted by molar-refractivity contribution is 0.0905. The van der Waals surface area contributed by atoms with Gasteiger partial charge in [-0.1, -0.05) is 11.6 Å². The number of hydrogen-bond acceptors (Lipinski definition) is 5. The summed E-state index contributed by atoms with van der Waals surface area (Å²) >= 11 is 5.86. The van der Waals surface area contributed by atoms with Crippen LogP contribution < -0.4 is 10.1 Å². The molecule has 7 nitrogen and oxygen atoms in total. The average Bonchev–Trinajstić information content (AvgIpc) is 2.69. The normalized spacial score (nSPS) is 12.6. The van der Waals surface area contributed by atoms with Crippen LogP contribution >= 0.6 is 11.6 Å². The number of nitrogens with zero attached hydrogens (tertiary/aromatic N) is 1.